The minimum atomic E-state index is -1.04. The molecule has 0 aliphatic carbocycles. The molecule has 2 aliphatic rings. The Balaban J connectivity index is 1.33. The molecule has 0 aromatic heterocycles. The number of piperidine rings is 1. The zero-order chi connectivity index (χ0) is 25.7. The van der Waals surface area contributed by atoms with Crippen LogP contribution in [0.3, 0.4) is 0 Å². The lowest BCUT2D eigenvalue weighted by atomic mass is 9.97. The Kier molecular flexibility index (Phi) is 8.13. The number of carbonyl (C=O) groups excluding carboxylic acids is 2. The van der Waals surface area contributed by atoms with Crippen LogP contribution in [0.2, 0.25) is 0 Å². The van der Waals surface area contributed by atoms with Crippen LogP contribution in [0.5, 0.6) is 0 Å². The van der Waals surface area contributed by atoms with Crippen molar-refractivity contribution in [2.24, 2.45) is 0 Å². The van der Waals surface area contributed by atoms with Crippen molar-refractivity contribution in [1.82, 2.24) is 15.1 Å². The van der Waals surface area contributed by atoms with Gasteiger partial charge in [-0.15, -0.1) is 0 Å². The summed E-state index contributed by atoms with van der Waals surface area (Å²) in [5.41, 5.74) is 5.37. The number of aryl methyl sites for hydroxylation is 2. The molecule has 8 heteroatoms. The molecule has 1 atom stereocenters. The molecule has 0 bridgehead atoms. The van der Waals surface area contributed by atoms with E-state index in [1.165, 1.54) is 11.1 Å². The van der Waals surface area contributed by atoms with Gasteiger partial charge in [0.05, 0.1) is 0 Å². The highest BCUT2D eigenvalue weighted by Crippen LogP contribution is 2.24. The number of aliphatic carboxylic acids is 1. The van der Waals surface area contributed by atoms with E-state index >= 15 is 0 Å². The Hall–Kier alpha value is -3.55. The number of benzene rings is 2. The van der Waals surface area contributed by atoms with E-state index in [1.807, 2.05) is 35.2 Å². The molecule has 2 aromatic carbocycles. The van der Waals surface area contributed by atoms with Gasteiger partial charge in [0.2, 0.25) is 0 Å². The predicted octanol–water partition coefficient (Wildman–Crippen LogP) is 4.07. The van der Waals surface area contributed by atoms with Crippen LogP contribution in [-0.2, 0) is 30.5 Å². The number of hydrogen-bond acceptors (Lipinski definition) is 3. The molecule has 36 heavy (non-hydrogen) atoms. The van der Waals surface area contributed by atoms with Crippen LogP contribution < -0.4 is 10.6 Å². The van der Waals surface area contributed by atoms with Crippen molar-refractivity contribution in [2.45, 2.75) is 64.5 Å². The summed E-state index contributed by atoms with van der Waals surface area (Å²) in [6.07, 6.45) is 4.17. The number of carboxylic acid groups (broad SMARTS) is 1. The Labute approximate surface area is 212 Å². The van der Waals surface area contributed by atoms with Gasteiger partial charge in [0.15, 0.2) is 0 Å². The van der Waals surface area contributed by atoms with Gasteiger partial charge in [-0.2, -0.15) is 0 Å². The van der Waals surface area contributed by atoms with Gasteiger partial charge in [-0.3, -0.25) is 0 Å². The minimum absolute atomic E-state index is 0.0446. The molecule has 1 saturated heterocycles. The Morgan fingerprint density at radius 3 is 2.47 bits per heavy atom. The van der Waals surface area contributed by atoms with E-state index in [0.29, 0.717) is 32.5 Å². The van der Waals surface area contributed by atoms with E-state index in [-0.39, 0.29) is 24.5 Å². The number of amides is 4. The molecule has 4 amide bonds. The van der Waals surface area contributed by atoms with Crippen molar-refractivity contribution in [1.29, 1.82) is 0 Å². The largest absolute Gasteiger partial charge is 0.480 e. The van der Waals surface area contributed by atoms with Gasteiger partial charge in [0.1, 0.15) is 6.04 Å². The van der Waals surface area contributed by atoms with Gasteiger partial charge in [-0.25, -0.2) is 14.4 Å². The number of para-hydroxylation sites is 1. The zero-order valence-electron chi connectivity index (χ0n) is 21.1. The number of nitrogens with zero attached hydrogens (tertiary/aromatic N) is 2. The predicted molar refractivity (Wildman–Crippen MR) is 139 cm³/mol. The van der Waals surface area contributed by atoms with Crippen molar-refractivity contribution in [3.8, 4) is 0 Å². The van der Waals surface area contributed by atoms with Gasteiger partial charge >= 0.3 is 18.0 Å². The highest BCUT2D eigenvalue weighted by atomic mass is 16.4. The van der Waals surface area contributed by atoms with E-state index in [4.69, 9.17) is 0 Å². The Morgan fingerprint density at radius 2 is 1.78 bits per heavy atom. The molecule has 192 valence electrons. The van der Waals surface area contributed by atoms with E-state index in [1.54, 1.807) is 4.90 Å². The summed E-state index contributed by atoms with van der Waals surface area (Å²) in [4.78, 5) is 41.2. The summed E-state index contributed by atoms with van der Waals surface area (Å²) < 4.78 is 0. The molecule has 2 aliphatic heterocycles. The Morgan fingerprint density at radius 1 is 1.06 bits per heavy atom. The molecule has 3 N–H and O–H groups in total. The first kappa shape index (κ1) is 25.5. The molecule has 1 fully saturated rings. The fourth-order valence-corrected chi connectivity index (χ4v) is 5.28. The average molecular weight is 493 g/mol. The van der Waals surface area contributed by atoms with Crippen LogP contribution >= 0.6 is 0 Å². The first-order valence-electron chi connectivity index (χ1n) is 12.9. The molecular formula is C28H36N4O4. The van der Waals surface area contributed by atoms with Gasteiger partial charge in [0.25, 0.3) is 0 Å². The van der Waals surface area contributed by atoms with E-state index < -0.39 is 12.0 Å². The second-order valence-electron chi connectivity index (χ2n) is 9.60. The molecule has 0 radical (unpaired) electrons. The molecule has 0 spiro atoms. The van der Waals surface area contributed by atoms with E-state index in [9.17, 15) is 19.5 Å². The quantitative estimate of drug-likeness (QED) is 0.542. The summed E-state index contributed by atoms with van der Waals surface area (Å²) in [5.74, 6) is -1.04. The first-order chi connectivity index (χ1) is 17.4. The third-order valence-corrected chi connectivity index (χ3v) is 7.40. The lowest BCUT2D eigenvalue weighted by molar-refractivity contribution is -0.139. The summed E-state index contributed by atoms with van der Waals surface area (Å²) in [5, 5.41) is 15.5. The number of nitrogens with one attached hydrogen (secondary N) is 2. The maximum atomic E-state index is 12.9. The SMILES string of the molecule is CCc1ccc(CC(NC(=O)N2CCC(N3CCc4ccccc4NC3=O)CC2)C(=O)O)cc1CC. The molecule has 0 saturated carbocycles. The molecule has 2 heterocycles. The highest BCUT2D eigenvalue weighted by Gasteiger charge is 2.32. The van der Waals surface area contributed by atoms with Crippen molar-refractivity contribution in [3.05, 3.63) is 64.7 Å². The maximum Gasteiger partial charge on any atom is 0.326 e. The van der Waals surface area contributed by atoms with Crippen molar-refractivity contribution >= 4 is 23.7 Å². The van der Waals surface area contributed by atoms with Crippen LogP contribution in [0.1, 0.15) is 48.9 Å². The number of rotatable bonds is 7. The van der Waals surface area contributed by atoms with E-state index in [2.05, 4.69) is 36.6 Å². The average Bonchev–Trinajstić information content (AvgIpc) is 3.06. The molecule has 2 aromatic rings. The second kappa shape index (κ2) is 11.5. The number of anilines is 1. The summed E-state index contributed by atoms with van der Waals surface area (Å²) in [6, 6.07) is 12.5. The van der Waals surface area contributed by atoms with Crippen LogP contribution in [0.25, 0.3) is 0 Å². The van der Waals surface area contributed by atoms with Gasteiger partial charge in [-0.05, 0) is 60.4 Å². The van der Waals surface area contributed by atoms with Crippen molar-refractivity contribution in [3.63, 3.8) is 0 Å². The van der Waals surface area contributed by atoms with Crippen molar-refractivity contribution in [2.75, 3.05) is 25.0 Å². The summed E-state index contributed by atoms with van der Waals surface area (Å²) in [6.45, 7) is 5.79. The van der Waals surface area contributed by atoms with E-state index in [0.717, 1.165) is 36.1 Å². The smallest absolute Gasteiger partial charge is 0.326 e. The first-order valence-corrected chi connectivity index (χ1v) is 12.9. The normalized spacial score (nSPS) is 17.1. The molecular weight excluding hydrogens is 456 g/mol. The zero-order valence-corrected chi connectivity index (χ0v) is 21.1. The third-order valence-electron chi connectivity index (χ3n) is 7.40. The molecule has 1 unspecified atom stereocenters. The maximum absolute atomic E-state index is 12.9. The number of carbonyl (C=O) groups is 3. The van der Waals surface area contributed by atoms with Gasteiger partial charge in [-0.1, -0.05) is 50.2 Å². The van der Waals surface area contributed by atoms with Crippen LogP contribution in [0.4, 0.5) is 15.3 Å². The van der Waals surface area contributed by atoms with Gasteiger partial charge in [0, 0.05) is 37.8 Å². The lowest BCUT2D eigenvalue weighted by Gasteiger charge is -2.38. The Bertz CT molecular complexity index is 1110. The minimum Gasteiger partial charge on any atom is -0.480 e. The third kappa shape index (κ3) is 5.80. The lowest BCUT2D eigenvalue weighted by Crippen LogP contribution is -2.54. The number of likely N-dealkylation sites (tertiary alicyclic amines) is 1. The number of urea groups is 2. The number of carboxylic acids is 1. The van der Waals surface area contributed by atoms with Crippen LogP contribution in [0, 0.1) is 0 Å². The van der Waals surface area contributed by atoms with Crippen LogP contribution in [-0.4, -0.2) is 64.7 Å². The summed E-state index contributed by atoms with van der Waals surface area (Å²) in [7, 11) is 0. The standard InChI is InChI=1S/C28H36N4O4/c1-3-20-10-9-19(17-21(20)4-2)18-25(26(33)34)30-27(35)31-14-12-23(13-15-31)32-16-11-22-7-5-6-8-24(22)29-28(32)36/h5-10,17,23,25H,3-4,11-16,18H2,1-2H3,(H,29,36)(H,30,35)(H,33,34). The van der Waals surface area contributed by atoms with Crippen LogP contribution in [0.15, 0.2) is 42.5 Å². The fraction of sp³-hybridized carbons (Fsp3) is 0.464. The summed E-state index contributed by atoms with van der Waals surface area (Å²) >= 11 is 0. The number of fused-ring (bicyclic) bond motifs is 1. The van der Waals surface area contributed by atoms with Crippen molar-refractivity contribution < 1.29 is 19.5 Å². The number of hydrogen-bond donors (Lipinski definition) is 3. The topological polar surface area (TPSA) is 102 Å². The van der Waals surface area contributed by atoms with Gasteiger partial charge < -0.3 is 25.5 Å². The molecule has 8 nitrogen and oxygen atoms in total. The fourth-order valence-electron chi connectivity index (χ4n) is 5.28. The monoisotopic (exact) mass is 492 g/mol. The molecule has 4 rings (SSSR count). The second-order valence-corrected chi connectivity index (χ2v) is 9.60. The highest BCUT2D eigenvalue weighted by molar-refractivity contribution is 5.91.